The van der Waals surface area contributed by atoms with E-state index in [0.717, 1.165) is 0 Å². The number of urea groups is 1. The summed E-state index contributed by atoms with van der Waals surface area (Å²) in [4.78, 5) is 24.8. The number of nitrogens with one attached hydrogen (secondary N) is 2. The normalized spacial score (nSPS) is 17.8. The molecule has 0 radical (unpaired) electrons. The van der Waals surface area contributed by atoms with Crippen LogP contribution in [0.3, 0.4) is 0 Å². The van der Waals surface area contributed by atoms with E-state index in [-0.39, 0.29) is 24.7 Å². The van der Waals surface area contributed by atoms with E-state index in [1.165, 1.54) is 0 Å². The number of piperidine rings is 1. The first kappa shape index (κ1) is 26.2. The maximum absolute atomic E-state index is 12.7. The number of likely N-dealkylation sites (tertiary alicyclic amines) is 1. The van der Waals surface area contributed by atoms with Crippen LogP contribution in [0.4, 0.5) is 23.7 Å². The van der Waals surface area contributed by atoms with Crippen molar-refractivity contribution in [3.05, 3.63) is 28.3 Å². The zero-order valence-electron chi connectivity index (χ0n) is 18.2. The Morgan fingerprint density at radius 3 is 2.19 bits per heavy atom. The molecule has 1 heterocycles. The number of sulfonamides is 1. The molecule has 180 valence electrons. The highest BCUT2D eigenvalue weighted by Gasteiger charge is 2.40. The second kappa shape index (κ2) is 9.86. The summed E-state index contributed by atoms with van der Waals surface area (Å²) in [5.74, 6) is -0.834. The second-order valence-electron chi connectivity index (χ2n) is 8.42. The summed E-state index contributed by atoms with van der Waals surface area (Å²) in [6, 6.07) is 2.34. The molecule has 1 aromatic rings. The summed E-state index contributed by atoms with van der Waals surface area (Å²) >= 11 is 6.19. The number of hydrogen-bond acceptors (Lipinski definition) is 4. The smallest absolute Gasteiger partial charge is 0.332 e. The van der Waals surface area contributed by atoms with Gasteiger partial charge >= 0.3 is 12.2 Å². The molecule has 1 fully saturated rings. The van der Waals surface area contributed by atoms with Crippen LogP contribution in [0, 0.1) is 0 Å². The number of hydrogen-bond donors (Lipinski definition) is 2. The summed E-state index contributed by atoms with van der Waals surface area (Å²) in [7, 11) is -4.34. The second-order valence-corrected chi connectivity index (χ2v) is 10.8. The van der Waals surface area contributed by atoms with Crippen molar-refractivity contribution < 1.29 is 31.2 Å². The zero-order chi connectivity index (χ0) is 24.4. The molecule has 2 rings (SSSR count). The van der Waals surface area contributed by atoms with Gasteiger partial charge in [0.05, 0.1) is 5.25 Å². The summed E-state index contributed by atoms with van der Waals surface area (Å²) in [6.45, 7) is 5.39. The zero-order valence-corrected chi connectivity index (χ0v) is 19.8. The van der Waals surface area contributed by atoms with Gasteiger partial charge < -0.3 is 10.2 Å². The number of alkyl halides is 3. The van der Waals surface area contributed by atoms with Crippen LogP contribution in [0.25, 0.3) is 0 Å². The summed E-state index contributed by atoms with van der Waals surface area (Å²) in [6.07, 6.45) is -5.18. The summed E-state index contributed by atoms with van der Waals surface area (Å²) in [5.41, 5.74) is 1.87. The quantitative estimate of drug-likeness (QED) is 0.600. The lowest BCUT2D eigenvalue weighted by Crippen LogP contribution is -2.52. The van der Waals surface area contributed by atoms with Gasteiger partial charge in [0.15, 0.2) is 0 Å². The summed E-state index contributed by atoms with van der Waals surface area (Å²) < 4.78 is 65.3. The molecule has 12 heteroatoms. The fraction of sp³-hybridized carbons (Fsp3) is 0.600. The highest BCUT2D eigenvalue weighted by atomic mass is 35.5. The number of carbonyl (C=O) groups excluding carboxylic acids is 2. The fourth-order valence-electron chi connectivity index (χ4n) is 3.56. The van der Waals surface area contributed by atoms with Gasteiger partial charge in [0, 0.05) is 23.7 Å². The van der Waals surface area contributed by atoms with Crippen molar-refractivity contribution in [1.29, 1.82) is 0 Å². The van der Waals surface area contributed by atoms with Crippen LogP contribution < -0.4 is 10.0 Å². The minimum absolute atomic E-state index is 0.0293. The molecule has 2 N–H and O–H groups in total. The van der Waals surface area contributed by atoms with Crippen LogP contribution in [0.15, 0.2) is 12.1 Å². The third-order valence-corrected chi connectivity index (χ3v) is 7.10. The molecular formula is C20H27ClF3N3O4S. The predicted molar refractivity (Wildman–Crippen MR) is 116 cm³/mol. The van der Waals surface area contributed by atoms with E-state index in [1.54, 1.807) is 12.1 Å². The summed E-state index contributed by atoms with van der Waals surface area (Å²) in [5, 5.41) is 1.71. The van der Waals surface area contributed by atoms with Crippen LogP contribution in [0.1, 0.15) is 63.5 Å². The van der Waals surface area contributed by atoms with Crippen LogP contribution in [0.5, 0.6) is 0 Å². The standard InChI is InChI=1S/C20H27ClF3N3O4S/c1-11(2)15-7-13(21)8-16(12(3)4)18(15)25-19(29)26-32(30,31)14-5-6-17(28)27(9-14)10-20(22,23)24/h7-8,11-12,14H,5-6,9-10H2,1-4H3,(H2,25,26,29). The van der Waals surface area contributed by atoms with Crippen molar-refractivity contribution in [2.45, 2.75) is 63.8 Å². The van der Waals surface area contributed by atoms with E-state index in [2.05, 4.69) is 5.32 Å². The van der Waals surface area contributed by atoms with E-state index in [0.29, 0.717) is 26.7 Å². The van der Waals surface area contributed by atoms with Gasteiger partial charge in [0.25, 0.3) is 0 Å². The SMILES string of the molecule is CC(C)c1cc(Cl)cc(C(C)C)c1NC(=O)NS(=O)(=O)C1CCC(=O)N(CC(F)(F)F)C1. The molecule has 0 aromatic heterocycles. The lowest BCUT2D eigenvalue weighted by Gasteiger charge is -2.32. The van der Waals surface area contributed by atoms with Gasteiger partial charge in [0.1, 0.15) is 6.54 Å². The Bertz CT molecular complexity index is 952. The molecule has 0 spiro atoms. The number of anilines is 1. The van der Waals surface area contributed by atoms with Gasteiger partial charge in [-0.3, -0.25) is 4.79 Å². The molecule has 3 amide bonds. The molecule has 0 aliphatic carbocycles. The predicted octanol–water partition coefficient (Wildman–Crippen LogP) is 4.59. The van der Waals surface area contributed by atoms with Gasteiger partial charge in [0.2, 0.25) is 15.9 Å². The molecular weight excluding hydrogens is 471 g/mol. The van der Waals surface area contributed by atoms with Gasteiger partial charge in [-0.15, -0.1) is 0 Å². The Hall–Kier alpha value is -2.01. The van der Waals surface area contributed by atoms with Crippen molar-refractivity contribution >= 4 is 39.2 Å². The topological polar surface area (TPSA) is 95.6 Å². The van der Waals surface area contributed by atoms with Crippen LogP contribution in [0.2, 0.25) is 5.02 Å². The number of halogens is 4. The lowest BCUT2D eigenvalue weighted by molar-refractivity contribution is -0.163. The minimum Gasteiger partial charge on any atom is -0.332 e. The molecule has 1 atom stereocenters. The Kier molecular flexibility index (Phi) is 8.09. The van der Waals surface area contributed by atoms with E-state index in [4.69, 9.17) is 11.6 Å². The van der Waals surface area contributed by atoms with Crippen molar-refractivity contribution in [2.75, 3.05) is 18.4 Å². The Balaban J connectivity index is 2.22. The molecule has 1 aliphatic rings. The molecule has 1 aromatic carbocycles. The first-order valence-electron chi connectivity index (χ1n) is 10.1. The van der Waals surface area contributed by atoms with Gasteiger partial charge in [-0.2, -0.15) is 13.2 Å². The third kappa shape index (κ3) is 6.74. The maximum atomic E-state index is 12.7. The Labute approximate surface area is 190 Å². The molecule has 1 unspecified atom stereocenters. The maximum Gasteiger partial charge on any atom is 0.406 e. The number of amides is 3. The van der Waals surface area contributed by atoms with Crippen molar-refractivity contribution in [1.82, 2.24) is 9.62 Å². The minimum atomic E-state index is -4.65. The number of rotatable bonds is 6. The Morgan fingerprint density at radius 2 is 1.72 bits per heavy atom. The van der Waals surface area contributed by atoms with Crippen LogP contribution in [-0.4, -0.2) is 49.8 Å². The molecule has 1 aliphatic heterocycles. The number of nitrogens with zero attached hydrogens (tertiary/aromatic N) is 1. The van der Waals surface area contributed by atoms with Gasteiger partial charge in [-0.05, 0) is 41.5 Å². The lowest BCUT2D eigenvalue weighted by atomic mass is 9.92. The molecule has 0 saturated carbocycles. The number of benzene rings is 1. The average molecular weight is 498 g/mol. The van der Waals surface area contributed by atoms with Crippen LogP contribution >= 0.6 is 11.6 Å². The van der Waals surface area contributed by atoms with E-state index >= 15 is 0 Å². The molecule has 1 saturated heterocycles. The number of carbonyl (C=O) groups is 2. The van der Waals surface area contributed by atoms with Gasteiger partial charge in [-0.1, -0.05) is 39.3 Å². The van der Waals surface area contributed by atoms with Crippen molar-refractivity contribution in [3.8, 4) is 0 Å². The van der Waals surface area contributed by atoms with Crippen molar-refractivity contribution in [3.63, 3.8) is 0 Å². The first-order chi connectivity index (χ1) is 14.6. The van der Waals surface area contributed by atoms with Crippen molar-refractivity contribution in [2.24, 2.45) is 0 Å². The third-order valence-electron chi connectivity index (χ3n) is 5.15. The van der Waals surface area contributed by atoms with E-state index in [9.17, 15) is 31.2 Å². The average Bonchev–Trinajstić information content (AvgIpc) is 2.62. The molecule has 0 bridgehead atoms. The van der Waals surface area contributed by atoms with Gasteiger partial charge in [-0.25, -0.2) is 17.9 Å². The fourth-order valence-corrected chi connectivity index (χ4v) is 5.08. The molecule has 32 heavy (non-hydrogen) atoms. The van der Waals surface area contributed by atoms with Crippen LogP contribution in [-0.2, 0) is 14.8 Å². The highest BCUT2D eigenvalue weighted by molar-refractivity contribution is 7.90. The van der Waals surface area contributed by atoms with E-state index in [1.807, 2.05) is 32.4 Å². The van der Waals surface area contributed by atoms with E-state index < -0.39 is 46.5 Å². The first-order valence-corrected chi connectivity index (χ1v) is 12.0. The monoisotopic (exact) mass is 497 g/mol. The highest BCUT2D eigenvalue weighted by Crippen LogP contribution is 2.35. The molecule has 7 nitrogen and oxygen atoms in total. The largest absolute Gasteiger partial charge is 0.406 e. The Morgan fingerprint density at radius 1 is 1.19 bits per heavy atom.